The van der Waals surface area contributed by atoms with Gasteiger partial charge in [-0.25, -0.2) is 4.79 Å². The molecule has 2 rings (SSSR count). The number of alkyl halides is 3. The van der Waals surface area contributed by atoms with Crippen LogP contribution in [0, 0.1) is 0 Å². The van der Waals surface area contributed by atoms with Gasteiger partial charge in [-0.3, -0.25) is 10.3 Å². The molecule has 0 spiro atoms. The molecule has 1 amide bonds. The Bertz CT molecular complexity index is 573. The monoisotopic (exact) mass is 316 g/mol. The van der Waals surface area contributed by atoms with Crippen molar-refractivity contribution in [3.05, 3.63) is 47.2 Å². The predicted octanol–water partition coefficient (Wildman–Crippen LogP) is 2.99. The number of amides is 1. The van der Waals surface area contributed by atoms with Crippen molar-refractivity contribution in [1.82, 2.24) is 10.4 Å². The fourth-order valence-corrected chi connectivity index (χ4v) is 1.99. The maximum Gasteiger partial charge on any atom is 0.416 e. The minimum Gasteiger partial charge on any atom is -0.465 e. The highest BCUT2D eigenvalue weighted by molar-refractivity contribution is 5.65. The molecule has 0 radical (unpaired) electrons. The largest absolute Gasteiger partial charge is 0.465 e. The third kappa shape index (κ3) is 4.39. The van der Waals surface area contributed by atoms with Crippen molar-refractivity contribution < 1.29 is 27.9 Å². The summed E-state index contributed by atoms with van der Waals surface area (Å²) in [4.78, 5) is 17.1. The standard InChI is InChI=1S/C14H15F3N2O3/c15-14(16,17)11-3-1-2-10(8-11)9-22-18-12-4-6-19(7-5-12)13(20)21/h1-4,8,18H,5-7,9H2,(H,20,21). The van der Waals surface area contributed by atoms with E-state index in [0.717, 1.165) is 12.1 Å². The summed E-state index contributed by atoms with van der Waals surface area (Å²) in [7, 11) is 0. The summed E-state index contributed by atoms with van der Waals surface area (Å²) in [5, 5.41) is 8.79. The van der Waals surface area contributed by atoms with Crippen LogP contribution in [0.2, 0.25) is 0 Å². The van der Waals surface area contributed by atoms with E-state index >= 15 is 0 Å². The van der Waals surface area contributed by atoms with E-state index in [9.17, 15) is 18.0 Å². The van der Waals surface area contributed by atoms with Crippen LogP contribution in [0.5, 0.6) is 0 Å². The van der Waals surface area contributed by atoms with E-state index in [2.05, 4.69) is 5.48 Å². The van der Waals surface area contributed by atoms with Crippen molar-refractivity contribution in [2.75, 3.05) is 13.1 Å². The number of hydroxylamine groups is 1. The van der Waals surface area contributed by atoms with Crippen LogP contribution in [0.15, 0.2) is 36.0 Å². The van der Waals surface area contributed by atoms with Crippen molar-refractivity contribution in [3.63, 3.8) is 0 Å². The highest BCUT2D eigenvalue weighted by Crippen LogP contribution is 2.29. The van der Waals surface area contributed by atoms with Gasteiger partial charge in [-0.05, 0) is 23.8 Å². The summed E-state index contributed by atoms with van der Waals surface area (Å²) < 4.78 is 37.7. The number of hydrogen-bond donors (Lipinski definition) is 2. The predicted molar refractivity (Wildman–Crippen MR) is 71.7 cm³/mol. The van der Waals surface area contributed by atoms with E-state index in [-0.39, 0.29) is 13.2 Å². The summed E-state index contributed by atoms with van der Waals surface area (Å²) >= 11 is 0. The summed E-state index contributed by atoms with van der Waals surface area (Å²) in [6, 6.07) is 4.90. The second-order valence-corrected chi connectivity index (χ2v) is 4.80. The van der Waals surface area contributed by atoms with Gasteiger partial charge in [0.25, 0.3) is 0 Å². The lowest BCUT2D eigenvalue weighted by atomic mass is 10.1. The maximum atomic E-state index is 12.6. The van der Waals surface area contributed by atoms with Crippen molar-refractivity contribution in [2.24, 2.45) is 0 Å². The van der Waals surface area contributed by atoms with Crippen LogP contribution in [-0.2, 0) is 17.6 Å². The molecule has 1 aromatic rings. The minimum atomic E-state index is -4.38. The fourth-order valence-electron chi connectivity index (χ4n) is 1.99. The Morgan fingerprint density at radius 1 is 1.41 bits per heavy atom. The van der Waals surface area contributed by atoms with Crippen LogP contribution in [-0.4, -0.2) is 29.2 Å². The van der Waals surface area contributed by atoms with E-state index < -0.39 is 17.8 Å². The molecule has 0 saturated heterocycles. The molecule has 0 aliphatic carbocycles. The lowest BCUT2D eigenvalue weighted by Crippen LogP contribution is -2.35. The van der Waals surface area contributed by atoms with Gasteiger partial charge in [-0.15, -0.1) is 0 Å². The molecule has 120 valence electrons. The van der Waals surface area contributed by atoms with Gasteiger partial charge < -0.3 is 10.0 Å². The normalized spacial score (nSPS) is 15.4. The molecule has 22 heavy (non-hydrogen) atoms. The van der Waals surface area contributed by atoms with Crippen LogP contribution in [0.25, 0.3) is 0 Å². The second kappa shape index (κ2) is 6.69. The van der Waals surface area contributed by atoms with Crippen LogP contribution in [0.1, 0.15) is 17.5 Å². The van der Waals surface area contributed by atoms with E-state index in [4.69, 9.17) is 9.94 Å². The SMILES string of the molecule is O=C(O)N1CC=C(NOCc2cccc(C(F)(F)F)c2)CC1. The van der Waals surface area contributed by atoms with Gasteiger partial charge in [0.15, 0.2) is 0 Å². The summed E-state index contributed by atoms with van der Waals surface area (Å²) in [6.07, 6.45) is -3.23. The number of hydrogen-bond acceptors (Lipinski definition) is 3. The number of carbonyl (C=O) groups is 1. The maximum absolute atomic E-state index is 12.6. The van der Waals surface area contributed by atoms with Crippen LogP contribution < -0.4 is 5.48 Å². The first kappa shape index (κ1) is 16.2. The molecule has 1 heterocycles. The molecular formula is C14H15F3N2O3. The Morgan fingerprint density at radius 2 is 2.18 bits per heavy atom. The van der Waals surface area contributed by atoms with Gasteiger partial charge in [0.1, 0.15) is 0 Å². The van der Waals surface area contributed by atoms with Gasteiger partial charge >= 0.3 is 12.3 Å². The first-order valence-electron chi connectivity index (χ1n) is 6.57. The summed E-state index contributed by atoms with van der Waals surface area (Å²) in [5.41, 5.74) is 3.04. The van der Waals surface area contributed by atoms with E-state index in [1.807, 2.05) is 0 Å². The lowest BCUT2D eigenvalue weighted by Gasteiger charge is -2.24. The summed E-state index contributed by atoms with van der Waals surface area (Å²) in [5.74, 6) is 0. The molecule has 1 aliphatic rings. The zero-order valence-electron chi connectivity index (χ0n) is 11.6. The smallest absolute Gasteiger partial charge is 0.416 e. The zero-order chi connectivity index (χ0) is 16.2. The molecule has 0 atom stereocenters. The van der Waals surface area contributed by atoms with Crippen molar-refractivity contribution in [1.29, 1.82) is 0 Å². The Labute approximate surface area is 124 Å². The number of carboxylic acid groups (broad SMARTS) is 1. The quantitative estimate of drug-likeness (QED) is 0.838. The summed E-state index contributed by atoms with van der Waals surface area (Å²) in [6.45, 7) is 0.579. The molecule has 5 nitrogen and oxygen atoms in total. The Morgan fingerprint density at radius 3 is 2.77 bits per heavy atom. The molecule has 0 bridgehead atoms. The van der Waals surface area contributed by atoms with Crippen molar-refractivity contribution in [2.45, 2.75) is 19.2 Å². The molecule has 2 N–H and O–H groups in total. The molecule has 0 saturated carbocycles. The van der Waals surface area contributed by atoms with E-state index in [0.29, 0.717) is 24.2 Å². The van der Waals surface area contributed by atoms with Crippen LogP contribution in [0.3, 0.4) is 0 Å². The van der Waals surface area contributed by atoms with Gasteiger partial charge in [0.05, 0.1) is 12.2 Å². The molecule has 0 fully saturated rings. The average Bonchev–Trinajstić information content (AvgIpc) is 2.47. The molecule has 8 heteroatoms. The van der Waals surface area contributed by atoms with Gasteiger partial charge in [0, 0.05) is 25.2 Å². The van der Waals surface area contributed by atoms with Crippen molar-refractivity contribution in [3.8, 4) is 0 Å². The Hall–Kier alpha value is -2.22. The number of halogens is 3. The number of rotatable bonds is 4. The van der Waals surface area contributed by atoms with Crippen LogP contribution >= 0.6 is 0 Å². The van der Waals surface area contributed by atoms with Crippen LogP contribution in [0.4, 0.5) is 18.0 Å². The first-order valence-corrected chi connectivity index (χ1v) is 6.57. The zero-order valence-corrected chi connectivity index (χ0v) is 11.6. The molecule has 1 aliphatic heterocycles. The minimum absolute atomic E-state index is 0.0239. The number of benzene rings is 1. The lowest BCUT2D eigenvalue weighted by molar-refractivity contribution is -0.137. The number of nitrogens with zero attached hydrogens (tertiary/aromatic N) is 1. The number of nitrogens with one attached hydrogen (secondary N) is 1. The first-order chi connectivity index (χ1) is 10.4. The molecule has 1 aromatic carbocycles. The topological polar surface area (TPSA) is 61.8 Å². The third-order valence-electron chi connectivity index (χ3n) is 3.18. The van der Waals surface area contributed by atoms with Crippen molar-refractivity contribution >= 4 is 6.09 Å². The third-order valence-corrected chi connectivity index (χ3v) is 3.18. The second-order valence-electron chi connectivity index (χ2n) is 4.80. The van der Waals surface area contributed by atoms with Gasteiger partial charge in [-0.2, -0.15) is 13.2 Å². The van der Waals surface area contributed by atoms with Gasteiger partial charge in [-0.1, -0.05) is 12.1 Å². The highest BCUT2D eigenvalue weighted by atomic mass is 19.4. The van der Waals surface area contributed by atoms with E-state index in [1.165, 1.54) is 11.0 Å². The van der Waals surface area contributed by atoms with E-state index in [1.54, 1.807) is 12.1 Å². The Balaban J connectivity index is 1.83. The highest BCUT2D eigenvalue weighted by Gasteiger charge is 2.30. The molecule has 0 unspecified atom stereocenters. The molecule has 0 aromatic heterocycles. The van der Waals surface area contributed by atoms with Gasteiger partial charge in [0.2, 0.25) is 0 Å². The molecular weight excluding hydrogens is 301 g/mol. The fraction of sp³-hybridized carbons (Fsp3) is 0.357. The Kier molecular flexibility index (Phi) is 4.92. The average molecular weight is 316 g/mol.